The van der Waals surface area contributed by atoms with Crippen LogP contribution in [0.2, 0.25) is 0 Å². The van der Waals surface area contributed by atoms with Gasteiger partial charge in [0.05, 0.1) is 25.0 Å². The molecule has 2 N–H and O–H groups in total. The van der Waals surface area contributed by atoms with Gasteiger partial charge in [0.2, 0.25) is 0 Å². The number of methoxy groups -OCH3 is 1. The van der Waals surface area contributed by atoms with E-state index in [1.165, 1.54) is 0 Å². The molecule has 0 fully saturated rings. The van der Waals surface area contributed by atoms with Crippen molar-refractivity contribution < 1.29 is 19.4 Å². The van der Waals surface area contributed by atoms with Gasteiger partial charge >= 0.3 is 0 Å². The molecule has 148 valence electrons. The highest BCUT2D eigenvalue weighted by Crippen LogP contribution is 2.39. The maximum absolute atomic E-state index is 13.4. The highest BCUT2D eigenvalue weighted by atomic mass is 16.5. The Hall–Kier alpha value is -3.67. The number of rotatable bonds is 5. The molecule has 29 heavy (non-hydrogen) atoms. The highest BCUT2D eigenvalue weighted by molar-refractivity contribution is 6.12. The first-order chi connectivity index (χ1) is 14.1. The molecule has 6 heteroatoms. The lowest BCUT2D eigenvalue weighted by Crippen LogP contribution is -2.43. The summed E-state index contributed by atoms with van der Waals surface area (Å²) in [6.07, 6.45) is -0.482. The molecule has 0 spiro atoms. The molecule has 1 aliphatic rings. The largest absolute Gasteiger partial charge is 0.504 e. The average Bonchev–Trinajstić information content (AvgIpc) is 2.75. The fourth-order valence-electron chi connectivity index (χ4n) is 3.49. The summed E-state index contributed by atoms with van der Waals surface area (Å²) in [5, 5.41) is 13.5. The maximum Gasteiger partial charge on any atom is 0.262 e. The number of nitrogens with zero attached hydrogens (tertiary/aromatic N) is 1. The number of anilines is 2. The molecule has 0 saturated heterocycles. The molecule has 1 atom stereocenters. The number of nitrogens with one attached hydrogen (secondary N) is 1. The van der Waals surface area contributed by atoms with Crippen molar-refractivity contribution >= 4 is 17.3 Å². The van der Waals surface area contributed by atoms with Gasteiger partial charge in [0, 0.05) is 11.8 Å². The standard InChI is InChI=1S/C23H22N2O4/c1-3-29-21-13-15(11-12-20(21)26)22-24-19-10-5-4-9-18(19)23(27)25(22)16-7-6-8-17(14-16)28-2/h4-14,22,24,26H,3H2,1-2H3. The average molecular weight is 390 g/mol. The number of carbonyl (C=O) groups excluding carboxylic acids is 1. The van der Waals surface area contributed by atoms with Crippen LogP contribution in [-0.4, -0.2) is 24.7 Å². The van der Waals surface area contributed by atoms with Crippen molar-refractivity contribution in [3.63, 3.8) is 0 Å². The molecule has 1 heterocycles. The van der Waals surface area contributed by atoms with Crippen molar-refractivity contribution in [3.05, 3.63) is 77.9 Å². The normalized spacial score (nSPS) is 15.4. The minimum Gasteiger partial charge on any atom is -0.504 e. The number of benzene rings is 3. The molecule has 1 aliphatic heterocycles. The summed E-state index contributed by atoms with van der Waals surface area (Å²) in [5.41, 5.74) is 2.84. The summed E-state index contributed by atoms with van der Waals surface area (Å²) in [5.74, 6) is 0.979. The number of ether oxygens (including phenoxy) is 2. The van der Waals surface area contributed by atoms with Gasteiger partial charge in [0.15, 0.2) is 11.5 Å². The molecule has 3 aromatic carbocycles. The van der Waals surface area contributed by atoms with E-state index in [9.17, 15) is 9.90 Å². The first-order valence-corrected chi connectivity index (χ1v) is 9.41. The summed E-state index contributed by atoms with van der Waals surface area (Å²) in [4.78, 5) is 15.1. The van der Waals surface area contributed by atoms with Crippen LogP contribution in [0.25, 0.3) is 0 Å². The summed E-state index contributed by atoms with van der Waals surface area (Å²) in [6.45, 7) is 2.28. The van der Waals surface area contributed by atoms with Crippen molar-refractivity contribution in [2.75, 3.05) is 23.9 Å². The zero-order valence-electron chi connectivity index (χ0n) is 16.3. The summed E-state index contributed by atoms with van der Waals surface area (Å²) < 4.78 is 10.9. The first kappa shape index (κ1) is 18.7. The zero-order chi connectivity index (χ0) is 20.4. The first-order valence-electron chi connectivity index (χ1n) is 9.41. The number of amides is 1. The van der Waals surface area contributed by atoms with Gasteiger partial charge in [-0.05, 0) is 48.9 Å². The van der Waals surface area contributed by atoms with Crippen molar-refractivity contribution in [3.8, 4) is 17.2 Å². The van der Waals surface area contributed by atoms with E-state index in [-0.39, 0.29) is 11.7 Å². The molecule has 0 aromatic heterocycles. The topological polar surface area (TPSA) is 71.0 Å². The molecule has 6 nitrogen and oxygen atoms in total. The Bertz CT molecular complexity index is 1050. The monoisotopic (exact) mass is 390 g/mol. The Morgan fingerprint density at radius 3 is 2.69 bits per heavy atom. The number of aromatic hydroxyl groups is 1. The minimum absolute atomic E-state index is 0.0612. The SMILES string of the molecule is CCOc1cc(C2Nc3ccccc3C(=O)N2c2cccc(OC)c2)ccc1O. The fourth-order valence-corrected chi connectivity index (χ4v) is 3.49. The highest BCUT2D eigenvalue weighted by Gasteiger charge is 2.34. The number of phenolic OH excluding ortho intramolecular Hbond substituents is 1. The van der Waals surface area contributed by atoms with Crippen LogP contribution in [0.5, 0.6) is 17.2 Å². The number of fused-ring (bicyclic) bond motifs is 1. The second-order valence-corrected chi connectivity index (χ2v) is 6.63. The smallest absolute Gasteiger partial charge is 0.262 e. The van der Waals surface area contributed by atoms with Crippen LogP contribution in [-0.2, 0) is 0 Å². The van der Waals surface area contributed by atoms with E-state index in [0.29, 0.717) is 29.4 Å². The Labute approximate surface area is 169 Å². The van der Waals surface area contributed by atoms with Crippen molar-refractivity contribution in [2.24, 2.45) is 0 Å². The Kier molecular flexibility index (Phi) is 4.99. The van der Waals surface area contributed by atoms with Crippen molar-refractivity contribution in [1.29, 1.82) is 0 Å². The van der Waals surface area contributed by atoms with E-state index in [1.807, 2.05) is 49.4 Å². The van der Waals surface area contributed by atoms with E-state index >= 15 is 0 Å². The molecule has 0 saturated carbocycles. The summed E-state index contributed by atoms with van der Waals surface area (Å²) in [7, 11) is 1.59. The number of hydrogen-bond donors (Lipinski definition) is 2. The van der Waals surface area contributed by atoms with E-state index in [0.717, 1.165) is 11.3 Å². The third kappa shape index (κ3) is 3.45. The Morgan fingerprint density at radius 2 is 1.90 bits per heavy atom. The van der Waals surface area contributed by atoms with Crippen LogP contribution < -0.4 is 19.7 Å². The van der Waals surface area contributed by atoms with Gasteiger partial charge in [0.1, 0.15) is 11.9 Å². The van der Waals surface area contributed by atoms with E-state index < -0.39 is 6.17 Å². The van der Waals surface area contributed by atoms with Crippen LogP contribution >= 0.6 is 0 Å². The molecule has 4 rings (SSSR count). The maximum atomic E-state index is 13.4. The number of carbonyl (C=O) groups is 1. The third-order valence-corrected chi connectivity index (χ3v) is 4.86. The minimum atomic E-state index is -0.482. The van der Waals surface area contributed by atoms with E-state index in [4.69, 9.17) is 9.47 Å². The van der Waals surface area contributed by atoms with Crippen molar-refractivity contribution in [1.82, 2.24) is 0 Å². The lowest BCUT2D eigenvalue weighted by molar-refractivity contribution is 0.0975. The van der Waals surface area contributed by atoms with Gasteiger partial charge in [0.25, 0.3) is 5.91 Å². The van der Waals surface area contributed by atoms with Gasteiger partial charge < -0.3 is 19.9 Å². The number of para-hydroxylation sites is 1. The molecular weight excluding hydrogens is 368 g/mol. The Balaban J connectivity index is 1.85. The molecule has 0 aliphatic carbocycles. The molecule has 0 bridgehead atoms. The van der Waals surface area contributed by atoms with Gasteiger partial charge in [-0.3, -0.25) is 9.69 Å². The Morgan fingerprint density at radius 1 is 1.07 bits per heavy atom. The third-order valence-electron chi connectivity index (χ3n) is 4.86. The van der Waals surface area contributed by atoms with Crippen molar-refractivity contribution in [2.45, 2.75) is 13.1 Å². The second-order valence-electron chi connectivity index (χ2n) is 6.63. The predicted molar refractivity (Wildman–Crippen MR) is 112 cm³/mol. The van der Waals surface area contributed by atoms with Gasteiger partial charge in [-0.25, -0.2) is 0 Å². The van der Waals surface area contributed by atoms with Crippen LogP contribution in [0.15, 0.2) is 66.7 Å². The summed E-state index contributed by atoms with van der Waals surface area (Å²) >= 11 is 0. The van der Waals surface area contributed by atoms with Crippen LogP contribution in [0.3, 0.4) is 0 Å². The van der Waals surface area contributed by atoms with E-state index in [2.05, 4.69) is 5.32 Å². The van der Waals surface area contributed by atoms with Crippen LogP contribution in [0.1, 0.15) is 29.0 Å². The zero-order valence-corrected chi connectivity index (χ0v) is 16.3. The van der Waals surface area contributed by atoms with Crippen LogP contribution in [0, 0.1) is 0 Å². The van der Waals surface area contributed by atoms with Gasteiger partial charge in [-0.1, -0.05) is 24.3 Å². The lowest BCUT2D eigenvalue weighted by atomic mass is 10.0. The van der Waals surface area contributed by atoms with Crippen LogP contribution in [0.4, 0.5) is 11.4 Å². The van der Waals surface area contributed by atoms with Gasteiger partial charge in [-0.2, -0.15) is 0 Å². The molecule has 0 radical (unpaired) electrons. The number of phenols is 1. The lowest BCUT2D eigenvalue weighted by Gasteiger charge is -2.38. The molecule has 3 aromatic rings. The molecular formula is C23H22N2O4. The predicted octanol–water partition coefficient (Wildman–Crippen LogP) is 4.57. The van der Waals surface area contributed by atoms with Gasteiger partial charge in [-0.15, -0.1) is 0 Å². The fraction of sp³-hybridized carbons (Fsp3) is 0.174. The second kappa shape index (κ2) is 7.75. The number of hydrogen-bond acceptors (Lipinski definition) is 5. The molecule has 1 unspecified atom stereocenters. The van der Waals surface area contributed by atoms with E-state index in [1.54, 1.807) is 36.3 Å². The summed E-state index contributed by atoms with van der Waals surface area (Å²) in [6, 6.07) is 19.9. The quantitative estimate of drug-likeness (QED) is 0.668. The molecule has 1 amide bonds.